The zero-order chi connectivity index (χ0) is 45.4. The first-order valence-electron chi connectivity index (χ1n) is 23.8. The van der Waals surface area contributed by atoms with E-state index >= 15 is 0 Å². The summed E-state index contributed by atoms with van der Waals surface area (Å²) in [6.07, 6.45) is 11.6. The smallest absolute Gasteiger partial charge is 0.410 e. The number of rotatable bonds is 16. The van der Waals surface area contributed by atoms with Crippen molar-refractivity contribution in [3.8, 4) is 0 Å². The SMILES string of the molecule is CC(C)(C)OC(=O)N1CCC(CCC(CCC2CCN(C(=O)OC(C)(C)C)CC2)C(=O)NCC(=O)NC(CC(=O)OCc2ccccc2)C(=O)NC23CC4CC(CC(C4)C2)C3)CC1. The number of ether oxygens (including phenoxy) is 3. The van der Waals surface area contributed by atoms with Crippen molar-refractivity contribution < 1.29 is 43.0 Å². The van der Waals surface area contributed by atoms with Gasteiger partial charge in [-0.15, -0.1) is 0 Å². The number of nitrogens with one attached hydrogen (secondary N) is 3. The molecule has 6 fully saturated rings. The number of amides is 5. The molecular formula is C49H75N5O9. The summed E-state index contributed by atoms with van der Waals surface area (Å²) in [5.74, 6) is 0.365. The van der Waals surface area contributed by atoms with Crippen LogP contribution in [0, 0.1) is 35.5 Å². The molecule has 4 saturated carbocycles. The molecular weight excluding hydrogens is 803 g/mol. The summed E-state index contributed by atoms with van der Waals surface area (Å²) in [5.41, 5.74) is -0.622. The highest BCUT2D eigenvalue weighted by atomic mass is 16.6. The van der Waals surface area contributed by atoms with Crippen molar-refractivity contribution in [2.75, 3.05) is 32.7 Å². The minimum Gasteiger partial charge on any atom is -0.461 e. The highest BCUT2D eigenvalue weighted by Gasteiger charge is 2.52. The van der Waals surface area contributed by atoms with Crippen LogP contribution >= 0.6 is 0 Å². The zero-order valence-corrected chi connectivity index (χ0v) is 38.8. The standard InChI is InChI=1S/C49H75N5O9/c1-47(2,3)62-45(59)53-20-16-33(17-21-53)12-14-39(15-13-34-18-22-54(23-19-34)46(60)63-48(4,5)6)43(57)50-31-41(55)51-40(27-42(56)61-32-35-10-8-7-9-11-35)44(58)52-49-28-36-24-37(29-49)26-38(25-36)30-49/h7-11,33-34,36-40H,12-32H2,1-6H3,(H,50,57)(H,51,55)(H,52,58). The fraction of sp³-hybridized carbons (Fsp3) is 0.755. The maximum absolute atomic E-state index is 14.0. The van der Waals surface area contributed by atoms with Crippen molar-refractivity contribution in [3.05, 3.63) is 35.9 Å². The predicted octanol–water partition coefficient (Wildman–Crippen LogP) is 7.28. The van der Waals surface area contributed by atoms with Gasteiger partial charge in [-0.1, -0.05) is 30.3 Å². The van der Waals surface area contributed by atoms with E-state index in [4.69, 9.17) is 14.2 Å². The lowest BCUT2D eigenvalue weighted by atomic mass is 9.53. The molecule has 350 valence electrons. The molecule has 14 heteroatoms. The van der Waals surface area contributed by atoms with Crippen LogP contribution in [0.15, 0.2) is 30.3 Å². The Balaban J connectivity index is 1.05. The molecule has 14 nitrogen and oxygen atoms in total. The molecule has 5 amide bonds. The second-order valence-electron chi connectivity index (χ2n) is 21.5. The molecule has 1 atom stereocenters. The third kappa shape index (κ3) is 14.8. The van der Waals surface area contributed by atoms with Crippen molar-refractivity contribution in [2.45, 2.75) is 167 Å². The Labute approximate surface area is 375 Å². The molecule has 0 radical (unpaired) electrons. The summed E-state index contributed by atoms with van der Waals surface area (Å²) in [6.45, 7) is 13.3. The number of piperidine rings is 2. The predicted molar refractivity (Wildman–Crippen MR) is 238 cm³/mol. The van der Waals surface area contributed by atoms with Crippen LogP contribution in [0.4, 0.5) is 9.59 Å². The van der Waals surface area contributed by atoms with Crippen LogP contribution in [-0.4, -0.2) is 101 Å². The van der Waals surface area contributed by atoms with Crippen LogP contribution in [0.3, 0.4) is 0 Å². The van der Waals surface area contributed by atoms with Crippen LogP contribution < -0.4 is 16.0 Å². The number of carbonyl (C=O) groups is 6. The van der Waals surface area contributed by atoms with Gasteiger partial charge in [-0.2, -0.15) is 0 Å². The highest BCUT2D eigenvalue weighted by molar-refractivity contribution is 5.93. The second-order valence-corrected chi connectivity index (χ2v) is 21.5. The Morgan fingerprint density at radius 1 is 0.698 bits per heavy atom. The van der Waals surface area contributed by atoms with E-state index in [9.17, 15) is 28.8 Å². The monoisotopic (exact) mass is 878 g/mol. The second kappa shape index (κ2) is 21.1. The van der Waals surface area contributed by atoms with Gasteiger partial charge in [0.2, 0.25) is 17.7 Å². The van der Waals surface area contributed by atoms with E-state index in [0.29, 0.717) is 68.6 Å². The normalized spacial score (nSPS) is 24.4. The molecule has 2 heterocycles. The summed E-state index contributed by atoms with van der Waals surface area (Å²) in [5, 5.41) is 8.99. The Morgan fingerprint density at radius 2 is 1.17 bits per heavy atom. The number of nitrogens with zero attached hydrogens (tertiary/aromatic N) is 2. The van der Waals surface area contributed by atoms with Gasteiger partial charge in [0.15, 0.2) is 0 Å². The number of carbonyl (C=O) groups excluding carboxylic acids is 6. The fourth-order valence-electron chi connectivity index (χ4n) is 11.1. The van der Waals surface area contributed by atoms with Gasteiger partial charge in [-0.3, -0.25) is 19.2 Å². The van der Waals surface area contributed by atoms with E-state index in [2.05, 4.69) is 16.0 Å². The van der Waals surface area contributed by atoms with Crippen molar-refractivity contribution >= 4 is 35.9 Å². The number of esters is 1. The number of benzene rings is 1. The average Bonchev–Trinajstić information content (AvgIpc) is 3.20. The van der Waals surface area contributed by atoms with Gasteiger partial charge in [0, 0.05) is 37.6 Å². The van der Waals surface area contributed by atoms with Gasteiger partial charge in [0.1, 0.15) is 23.9 Å². The largest absolute Gasteiger partial charge is 0.461 e. The summed E-state index contributed by atoms with van der Waals surface area (Å²) in [4.78, 5) is 83.7. The molecule has 0 aromatic heterocycles. The Morgan fingerprint density at radius 3 is 1.63 bits per heavy atom. The quantitative estimate of drug-likeness (QED) is 0.114. The molecule has 1 aromatic carbocycles. The molecule has 3 N–H and O–H groups in total. The molecule has 4 bridgehead atoms. The van der Waals surface area contributed by atoms with Crippen molar-refractivity contribution in [1.29, 1.82) is 0 Å². The van der Waals surface area contributed by atoms with E-state index < -0.39 is 29.1 Å². The topological polar surface area (TPSA) is 173 Å². The summed E-state index contributed by atoms with van der Waals surface area (Å²) < 4.78 is 16.7. The highest BCUT2D eigenvalue weighted by Crippen LogP contribution is 2.55. The lowest BCUT2D eigenvalue weighted by Gasteiger charge is -2.57. The Kier molecular flexibility index (Phi) is 16.1. The fourth-order valence-corrected chi connectivity index (χ4v) is 11.1. The lowest BCUT2D eigenvalue weighted by molar-refractivity contribution is -0.148. The minimum atomic E-state index is -1.15. The number of hydrogen-bond acceptors (Lipinski definition) is 9. The van der Waals surface area contributed by atoms with Crippen LogP contribution in [0.5, 0.6) is 0 Å². The van der Waals surface area contributed by atoms with E-state index in [1.807, 2.05) is 71.9 Å². The maximum atomic E-state index is 14.0. The van der Waals surface area contributed by atoms with E-state index in [0.717, 1.165) is 63.4 Å². The first kappa shape index (κ1) is 48.1. The molecule has 2 saturated heterocycles. The van der Waals surface area contributed by atoms with Crippen LogP contribution in [0.1, 0.15) is 143 Å². The summed E-state index contributed by atoms with van der Waals surface area (Å²) in [7, 11) is 0. The van der Waals surface area contributed by atoms with Crippen molar-refractivity contribution in [3.63, 3.8) is 0 Å². The molecule has 1 unspecified atom stereocenters. The molecule has 7 rings (SSSR count). The van der Waals surface area contributed by atoms with E-state index in [1.165, 1.54) is 19.3 Å². The first-order valence-corrected chi connectivity index (χ1v) is 23.8. The van der Waals surface area contributed by atoms with Crippen molar-refractivity contribution in [2.24, 2.45) is 35.5 Å². The molecule has 1 aromatic rings. The Bertz CT molecular complexity index is 1650. The third-order valence-electron chi connectivity index (χ3n) is 13.9. The first-order chi connectivity index (χ1) is 29.8. The third-order valence-corrected chi connectivity index (χ3v) is 13.9. The maximum Gasteiger partial charge on any atom is 0.410 e. The van der Waals surface area contributed by atoms with Gasteiger partial charge < -0.3 is 40.0 Å². The molecule has 6 aliphatic rings. The molecule has 2 aliphatic heterocycles. The van der Waals surface area contributed by atoms with Crippen molar-refractivity contribution in [1.82, 2.24) is 25.8 Å². The molecule has 0 spiro atoms. The molecule has 63 heavy (non-hydrogen) atoms. The van der Waals surface area contributed by atoms with Gasteiger partial charge in [-0.05, 0) is 167 Å². The van der Waals surface area contributed by atoms with Crippen LogP contribution in [0.2, 0.25) is 0 Å². The van der Waals surface area contributed by atoms with Crippen LogP contribution in [-0.2, 0) is 40.0 Å². The van der Waals surface area contributed by atoms with Gasteiger partial charge >= 0.3 is 18.2 Å². The lowest BCUT2D eigenvalue weighted by Crippen LogP contribution is -2.63. The number of likely N-dealkylation sites (tertiary alicyclic amines) is 2. The Hall–Kier alpha value is -4.36. The van der Waals surface area contributed by atoms with Gasteiger partial charge in [-0.25, -0.2) is 9.59 Å². The minimum absolute atomic E-state index is 0.0556. The van der Waals surface area contributed by atoms with Gasteiger partial charge in [0.05, 0.1) is 13.0 Å². The summed E-state index contributed by atoms with van der Waals surface area (Å²) in [6, 6.07) is 8.15. The average molecular weight is 878 g/mol. The summed E-state index contributed by atoms with van der Waals surface area (Å²) >= 11 is 0. The molecule has 4 aliphatic carbocycles. The number of hydrogen-bond donors (Lipinski definition) is 3. The van der Waals surface area contributed by atoms with E-state index in [1.54, 1.807) is 9.80 Å². The van der Waals surface area contributed by atoms with E-state index in [-0.39, 0.29) is 55.0 Å². The van der Waals surface area contributed by atoms with Crippen LogP contribution in [0.25, 0.3) is 0 Å². The zero-order valence-electron chi connectivity index (χ0n) is 38.8. The van der Waals surface area contributed by atoms with Gasteiger partial charge in [0.25, 0.3) is 0 Å².